The Labute approximate surface area is 192 Å². The third-order valence-electron chi connectivity index (χ3n) is 5.33. The Bertz CT molecular complexity index is 1160. The van der Waals surface area contributed by atoms with Gasteiger partial charge in [0.05, 0.1) is 31.5 Å². The number of carbonyl (C=O) groups excluding carboxylic acids is 2. The fraction of sp³-hybridized carbons (Fsp3) is 0.292. The highest BCUT2D eigenvalue weighted by molar-refractivity contribution is 6.31. The van der Waals surface area contributed by atoms with E-state index in [9.17, 15) is 9.59 Å². The molecule has 168 valence electrons. The van der Waals surface area contributed by atoms with Crippen LogP contribution < -0.4 is 10.1 Å². The average Bonchev–Trinajstić information content (AvgIpc) is 3.03. The number of halogens is 1. The number of hydrogen-bond acceptors (Lipinski definition) is 4. The van der Waals surface area contributed by atoms with Crippen LogP contribution in [0.25, 0.3) is 5.69 Å². The Morgan fingerprint density at radius 1 is 1.16 bits per heavy atom. The van der Waals surface area contributed by atoms with E-state index in [0.717, 1.165) is 28.2 Å². The third-order valence-corrected chi connectivity index (χ3v) is 5.74. The highest BCUT2D eigenvalue weighted by atomic mass is 35.5. The summed E-state index contributed by atoms with van der Waals surface area (Å²) in [6, 6.07) is 12.8. The van der Waals surface area contributed by atoms with Gasteiger partial charge in [-0.2, -0.15) is 5.10 Å². The average molecular weight is 455 g/mol. The number of nitrogens with zero attached hydrogens (tertiary/aromatic N) is 3. The lowest BCUT2D eigenvalue weighted by atomic mass is 10.1. The van der Waals surface area contributed by atoms with Gasteiger partial charge in [-0.15, -0.1) is 0 Å². The number of anilines is 1. The van der Waals surface area contributed by atoms with Gasteiger partial charge in [-0.05, 0) is 50.6 Å². The molecule has 2 amide bonds. The Morgan fingerprint density at radius 3 is 2.59 bits per heavy atom. The molecule has 0 atom stereocenters. The highest BCUT2D eigenvalue weighted by Crippen LogP contribution is 2.23. The minimum atomic E-state index is -0.285. The van der Waals surface area contributed by atoms with Crippen LogP contribution in [0.2, 0.25) is 5.02 Å². The smallest absolute Gasteiger partial charge is 0.243 e. The van der Waals surface area contributed by atoms with Crippen molar-refractivity contribution in [3.63, 3.8) is 0 Å². The van der Waals surface area contributed by atoms with Crippen molar-refractivity contribution >= 4 is 29.1 Å². The van der Waals surface area contributed by atoms with Crippen molar-refractivity contribution in [1.29, 1.82) is 0 Å². The minimum Gasteiger partial charge on any atom is -0.497 e. The summed E-state index contributed by atoms with van der Waals surface area (Å²) >= 11 is 6.27. The van der Waals surface area contributed by atoms with Gasteiger partial charge in [0.1, 0.15) is 5.75 Å². The maximum Gasteiger partial charge on any atom is 0.243 e. The number of nitrogens with one attached hydrogen (secondary N) is 1. The van der Waals surface area contributed by atoms with Crippen LogP contribution in [0, 0.1) is 20.8 Å². The molecule has 0 bridgehead atoms. The van der Waals surface area contributed by atoms with Crippen molar-refractivity contribution in [3.8, 4) is 11.4 Å². The molecule has 1 N–H and O–H groups in total. The predicted octanol–water partition coefficient (Wildman–Crippen LogP) is 4.10. The van der Waals surface area contributed by atoms with E-state index in [0.29, 0.717) is 16.5 Å². The first-order valence-corrected chi connectivity index (χ1v) is 10.6. The number of benzene rings is 2. The molecule has 7 nitrogen and oxygen atoms in total. The molecule has 1 aromatic heterocycles. The van der Waals surface area contributed by atoms with Crippen molar-refractivity contribution < 1.29 is 14.3 Å². The quantitative estimate of drug-likeness (QED) is 0.583. The predicted molar refractivity (Wildman–Crippen MR) is 126 cm³/mol. The lowest BCUT2D eigenvalue weighted by Gasteiger charge is -2.17. The van der Waals surface area contributed by atoms with Crippen LogP contribution in [0.3, 0.4) is 0 Å². The molecule has 0 saturated heterocycles. The summed E-state index contributed by atoms with van der Waals surface area (Å²) in [4.78, 5) is 26.6. The summed E-state index contributed by atoms with van der Waals surface area (Å²) < 4.78 is 6.95. The van der Waals surface area contributed by atoms with Gasteiger partial charge in [0.2, 0.25) is 11.8 Å². The van der Waals surface area contributed by atoms with Gasteiger partial charge < -0.3 is 15.0 Å². The molecule has 0 aliphatic heterocycles. The number of aryl methyl sites for hydroxylation is 2. The van der Waals surface area contributed by atoms with Crippen molar-refractivity contribution in [2.45, 2.75) is 27.2 Å². The molecule has 0 spiro atoms. The maximum absolute atomic E-state index is 12.8. The monoisotopic (exact) mass is 454 g/mol. The third kappa shape index (κ3) is 5.29. The lowest BCUT2D eigenvalue weighted by Crippen LogP contribution is -2.36. The highest BCUT2D eigenvalue weighted by Gasteiger charge is 2.20. The Balaban J connectivity index is 1.67. The molecule has 0 aliphatic carbocycles. The molecule has 2 aromatic carbocycles. The lowest BCUT2D eigenvalue weighted by molar-refractivity contribution is -0.132. The fourth-order valence-electron chi connectivity index (χ4n) is 3.39. The SMILES string of the molecule is COc1cccc(NC(=O)CN(C)C(=O)Cc2c(C)nn(-c3ccc(C)c(Cl)c3)c2C)c1. The van der Waals surface area contributed by atoms with Gasteiger partial charge >= 0.3 is 0 Å². The van der Waals surface area contributed by atoms with E-state index < -0.39 is 0 Å². The summed E-state index contributed by atoms with van der Waals surface area (Å²) in [5, 5.41) is 8.04. The first-order chi connectivity index (χ1) is 15.2. The molecule has 1 heterocycles. The van der Waals surface area contributed by atoms with E-state index in [4.69, 9.17) is 16.3 Å². The van der Waals surface area contributed by atoms with Gasteiger partial charge in [-0.3, -0.25) is 9.59 Å². The Kier molecular flexibility index (Phi) is 7.20. The zero-order valence-corrected chi connectivity index (χ0v) is 19.7. The van der Waals surface area contributed by atoms with Crippen molar-refractivity contribution in [3.05, 3.63) is 70.0 Å². The second-order valence-corrected chi connectivity index (χ2v) is 8.11. The molecule has 8 heteroatoms. The molecule has 3 aromatic rings. The summed E-state index contributed by atoms with van der Waals surface area (Å²) in [5.74, 6) is 0.191. The van der Waals surface area contributed by atoms with Gasteiger partial charge in [-0.1, -0.05) is 23.7 Å². The first kappa shape index (κ1) is 23.3. The van der Waals surface area contributed by atoms with Gasteiger partial charge in [0.15, 0.2) is 0 Å². The molecule has 0 fully saturated rings. The van der Waals surface area contributed by atoms with Crippen LogP contribution in [-0.4, -0.2) is 47.2 Å². The first-order valence-electron chi connectivity index (χ1n) is 10.2. The summed E-state index contributed by atoms with van der Waals surface area (Å²) in [5.41, 5.74) is 4.91. The van der Waals surface area contributed by atoms with E-state index in [-0.39, 0.29) is 24.8 Å². The molecular weight excluding hydrogens is 428 g/mol. The largest absolute Gasteiger partial charge is 0.497 e. The van der Waals surface area contributed by atoms with Gasteiger partial charge in [0, 0.05) is 35.1 Å². The molecule has 0 aliphatic rings. The molecule has 3 rings (SSSR count). The van der Waals surface area contributed by atoms with E-state index >= 15 is 0 Å². The summed E-state index contributed by atoms with van der Waals surface area (Å²) in [7, 11) is 3.18. The number of amides is 2. The zero-order chi connectivity index (χ0) is 23.4. The minimum absolute atomic E-state index is 0.0597. The van der Waals surface area contributed by atoms with Crippen LogP contribution in [-0.2, 0) is 16.0 Å². The Morgan fingerprint density at radius 2 is 1.91 bits per heavy atom. The molecule has 0 saturated carbocycles. The van der Waals surface area contributed by atoms with E-state index in [2.05, 4.69) is 10.4 Å². The summed E-state index contributed by atoms with van der Waals surface area (Å²) in [6.07, 6.45) is 0.153. The van der Waals surface area contributed by atoms with E-state index in [1.807, 2.05) is 39.0 Å². The van der Waals surface area contributed by atoms with Crippen LogP contribution in [0.1, 0.15) is 22.5 Å². The summed E-state index contributed by atoms with van der Waals surface area (Å²) in [6.45, 7) is 5.68. The second-order valence-electron chi connectivity index (χ2n) is 7.70. The van der Waals surface area contributed by atoms with Crippen molar-refractivity contribution in [2.75, 3.05) is 26.0 Å². The zero-order valence-electron chi connectivity index (χ0n) is 18.9. The molecule has 0 radical (unpaired) electrons. The topological polar surface area (TPSA) is 76.5 Å². The number of ether oxygens (including phenoxy) is 1. The number of likely N-dealkylation sites (N-methyl/N-ethyl adjacent to an activating group) is 1. The van der Waals surface area contributed by atoms with Crippen molar-refractivity contribution in [1.82, 2.24) is 14.7 Å². The molecular formula is C24H27ClN4O3. The van der Waals surface area contributed by atoms with Gasteiger partial charge in [-0.25, -0.2) is 4.68 Å². The number of carbonyl (C=O) groups is 2. The van der Waals surface area contributed by atoms with Crippen LogP contribution in [0.4, 0.5) is 5.69 Å². The van der Waals surface area contributed by atoms with E-state index in [1.54, 1.807) is 43.1 Å². The van der Waals surface area contributed by atoms with Gasteiger partial charge in [0.25, 0.3) is 0 Å². The van der Waals surface area contributed by atoms with Crippen LogP contribution in [0.5, 0.6) is 5.75 Å². The number of methoxy groups -OCH3 is 1. The van der Waals surface area contributed by atoms with Crippen LogP contribution in [0.15, 0.2) is 42.5 Å². The maximum atomic E-state index is 12.8. The number of hydrogen-bond donors (Lipinski definition) is 1. The normalized spacial score (nSPS) is 10.7. The molecule has 0 unspecified atom stereocenters. The van der Waals surface area contributed by atoms with E-state index in [1.165, 1.54) is 4.90 Å². The molecule has 32 heavy (non-hydrogen) atoms. The van der Waals surface area contributed by atoms with Crippen molar-refractivity contribution in [2.24, 2.45) is 0 Å². The second kappa shape index (κ2) is 9.87. The fourth-order valence-corrected chi connectivity index (χ4v) is 3.56. The standard InChI is InChI=1S/C24H27ClN4O3/c1-15-9-10-19(12-22(15)25)29-17(3)21(16(2)27-29)13-24(31)28(4)14-23(30)26-18-7-6-8-20(11-18)32-5/h6-12H,13-14H2,1-5H3,(H,26,30). The van der Waals surface area contributed by atoms with Crippen LogP contribution >= 0.6 is 11.6 Å². The number of aromatic nitrogens is 2. The Hall–Kier alpha value is -3.32. The number of rotatable bonds is 7.